The van der Waals surface area contributed by atoms with Crippen LogP contribution >= 0.6 is 0 Å². The Kier molecular flexibility index (Phi) is 5.42. The molecule has 0 aliphatic carbocycles. The molecule has 0 radical (unpaired) electrons. The maximum Gasteiger partial charge on any atom is 0.165 e. The van der Waals surface area contributed by atoms with Gasteiger partial charge in [-0.05, 0) is 18.9 Å². The molecule has 3 heteroatoms. The van der Waals surface area contributed by atoms with Gasteiger partial charge in [0.15, 0.2) is 11.6 Å². The van der Waals surface area contributed by atoms with Crippen LogP contribution in [0.3, 0.4) is 0 Å². The zero-order chi connectivity index (χ0) is 12.8. The molecule has 0 heterocycles. The minimum absolute atomic E-state index is 0.239. The maximum atomic E-state index is 13.1. The third-order valence-electron chi connectivity index (χ3n) is 3.44. The van der Waals surface area contributed by atoms with Crippen LogP contribution in [0.15, 0.2) is 18.2 Å². The molecule has 0 fully saturated rings. The van der Waals surface area contributed by atoms with Crippen LogP contribution in [-0.4, -0.2) is 11.1 Å². The average Bonchev–Trinajstić information content (AvgIpc) is 2.32. The molecule has 0 aromatic heterocycles. The highest BCUT2D eigenvalue weighted by Gasteiger charge is 2.14. The summed E-state index contributed by atoms with van der Waals surface area (Å²) in [5.74, 6) is -0.179. The zero-order valence-electron chi connectivity index (χ0n) is 10.8. The first-order valence-corrected chi connectivity index (χ1v) is 6.29. The SMILES string of the molecule is CCC(CC)C(C)NCc1cccc(F)c1O. The number of rotatable bonds is 6. The second kappa shape index (κ2) is 6.60. The van der Waals surface area contributed by atoms with Crippen LogP contribution in [0.1, 0.15) is 39.2 Å². The average molecular weight is 239 g/mol. The van der Waals surface area contributed by atoms with Gasteiger partial charge in [-0.15, -0.1) is 0 Å². The number of nitrogens with one attached hydrogen (secondary N) is 1. The van der Waals surface area contributed by atoms with Crippen LogP contribution in [0.2, 0.25) is 0 Å². The summed E-state index contributed by atoms with van der Waals surface area (Å²) in [5.41, 5.74) is 0.614. The van der Waals surface area contributed by atoms with Crippen molar-refractivity contribution >= 4 is 0 Å². The van der Waals surface area contributed by atoms with Gasteiger partial charge in [0.05, 0.1) is 0 Å². The van der Waals surface area contributed by atoms with Gasteiger partial charge in [-0.1, -0.05) is 38.8 Å². The molecule has 0 saturated carbocycles. The minimum atomic E-state index is -0.556. The summed E-state index contributed by atoms with van der Waals surface area (Å²) in [5, 5.41) is 12.9. The van der Waals surface area contributed by atoms with Gasteiger partial charge in [0.1, 0.15) is 0 Å². The van der Waals surface area contributed by atoms with E-state index in [0.717, 1.165) is 12.8 Å². The normalized spacial score (nSPS) is 13.0. The molecule has 1 unspecified atom stereocenters. The molecular formula is C14H22FNO. The summed E-state index contributed by atoms with van der Waals surface area (Å²) in [6.07, 6.45) is 2.25. The van der Waals surface area contributed by atoms with Gasteiger partial charge in [0.2, 0.25) is 0 Å². The summed E-state index contributed by atoms with van der Waals surface area (Å²) in [4.78, 5) is 0. The molecule has 17 heavy (non-hydrogen) atoms. The predicted octanol–water partition coefficient (Wildman–Crippen LogP) is 3.45. The van der Waals surface area contributed by atoms with E-state index in [1.165, 1.54) is 6.07 Å². The van der Waals surface area contributed by atoms with E-state index in [9.17, 15) is 9.50 Å². The Morgan fingerprint density at radius 1 is 1.29 bits per heavy atom. The fraction of sp³-hybridized carbons (Fsp3) is 0.571. The third-order valence-corrected chi connectivity index (χ3v) is 3.44. The molecule has 0 aliphatic heterocycles. The number of hydrogen-bond donors (Lipinski definition) is 2. The second-order valence-electron chi connectivity index (χ2n) is 4.49. The first-order chi connectivity index (χ1) is 8.10. The van der Waals surface area contributed by atoms with E-state index in [2.05, 4.69) is 26.1 Å². The number of phenols is 1. The highest BCUT2D eigenvalue weighted by atomic mass is 19.1. The van der Waals surface area contributed by atoms with E-state index >= 15 is 0 Å². The number of para-hydroxylation sites is 1. The first-order valence-electron chi connectivity index (χ1n) is 6.29. The van der Waals surface area contributed by atoms with Crippen molar-refractivity contribution < 1.29 is 9.50 Å². The fourth-order valence-corrected chi connectivity index (χ4v) is 2.14. The first kappa shape index (κ1) is 14.0. The Bertz CT molecular complexity index is 350. The summed E-state index contributed by atoms with van der Waals surface area (Å²) >= 11 is 0. The largest absolute Gasteiger partial charge is 0.505 e. The Hall–Kier alpha value is -1.09. The number of benzene rings is 1. The number of hydrogen-bond acceptors (Lipinski definition) is 2. The third kappa shape index (κ3) is 3.70. The monoisotopic (exact) mass is 239 g/mol. The lowest BCUT2D eigenvalue weighted by Gasteiger charge is -2.22. The van der Waals surface area contributed by atoms with E-state index < -0.39 is 5.82 Å². The highest BCUT2D eigenvalue weighted by molar-refractivity contribution is 5.33. The van der Waals surface area contributed by atoms with Crippen molar-refractivity contribution in [2.45, 2.75) is 46.2 Å². The maximum absolute atomic E-state index is 13.1. The molecule has 1 rings (SSSR count). The molecule has 1 atom stereocenters. The molecule has 2 N–H and O–H groups in total. The van der Waals surface area contributed by atoms with Gasteiger partial charge in [-0.2, -0.15) is 0 Å². The molecule has 0 bridgehead atoms. The van der Waals surface area contributed by atoms with Crippen LogP contribution in [0.25, 0.3) is 0 Å². The standard InChI is InChI=1S/C14H22FNO/c1-4-11(5-2)10(3)16-9-12-7-6-8-13(15)14(12)17/h6-8,10-11,16-17H,4-5,9H2,1-3H3. The van der Waals surface area contributed by atoms with Gasteiger partial charge < -0.3 is 10.4 Å². The number of halogens is 1. The molecule has 96 valence electrons. The summed E-state index contributed by atoms with van der Waals surface area (Å²) < 4.78 is 13.1. The van der Waals surface area contributed by atoms with Gasteiger partial charge >= 0.3 is 0 Å². The van der Waals surface area contributed by atoms with Crippen molar-refractivity contribution in [3.63, 3.8) is 0 Å². The Morgan fingerprint density at radius 3 is 2.53 bits per heavy atom. The van der Waals surface area contributed by atoms with E-state index in [4.69, 9.17) is 0 Å². The van der Waals surface area contributed by atoms with Crippen molar-refractivity contribution in [1.82, 2.24) is 5.32 Å². The zero-order valence-corrected chi connectivity index (χ0v) is 10.8. The molecule has 2 nitrogen and oxygen atoms in total. The van der Waals surface area contributed by atoms with Crippen molar-refractivity contribution in [2.24, 2.45) is 5.92 Å². The van der Waals surface area contributed by atoms with Crippen LogP contribution < -0.4 is 5.32 Å². The van der Waals surface area contributed by atoms with E-state index in [1.807, 2.05) is 0 Å². The van der Waals surface area contributed by atoms with E-state index in [-0.39, 0.29) is 5.75 Å². The fourth-order valence-electron chi connectivity index (χ4n) is 2.14. The summed E-state index contributed by atoms with van der Waals surface area (Å²) in [6.45, 7) is 6.98. The summed E-state index contributed by atoms with van der Waals surface area (Å²) in [7, 11) is 0. The van der Waals surface area contributed by atoms with Gasteiger partial charge in [0, 0.05) is 18.2 Å². The molecule has 0 amide bonds. The molecule has 1 aromatic rings. The van der Waals surface area contributed by atoms with Crippen molar-refractivity contribution in [3.05, 3.63) is 29.6 Å². The van der Waals surface area contributed by atoms with Crippen LogP contribution in [0, 0.1) is 11.7 Å². The van der Waals surface area contributed by atoms with Crippen LogP contribution in [0.5, 0.6) is 5.75 Å². The lowest BCUT2D eigenvalue weighted by Crippen LogP contribution is -2.32. The van der Waals surface area contributed by atoms with Crippen molar-refractivity contribution in [3.8, 4) is 5.75 Å². The van der Waals surface area contributed by atoms with Crippen LogP contribution in [0.4, 0.5) is 4.39 Å². The van der Waals surface area contributed by atoms with Crippen molar-refractivity contribution in [2.75, 3.05) is 0 Å². The van der Waals surface area contributed by atoms with Gasteiger partial charge in [-0.3, -0.25) is 0 Å². The quantitative estimate of drug-likeness (QED) is 0.797. The highest BCUT2D eigenvalue weighted by Crippen LogP contribution is 2.21. The van der Waals surface area contributed by atoms with Crippen molar-refractivity contribution in [1.29, 1.82) is 0 Å². The van der Waals surface area contributed by atoms with E-state index in [1.54, 1.807) is 12.1 Å². The Morgan fingerprint density at radius 2 is 1.94 bits per heavy atom. The molecular weight excluding hydrogens is 217 g/mol. The predicted molar refractivity (Wildman–Crippen MR) is 68.4 cm³/mol. The topological polar surface area (TPSA) is 32.3 Å². The second-order valence-corrected chi connectivity index (χ2v) is 4.49. The Balaban J connectivity index is 2.58. The molecule has 0 aliphatic rings. The minimum Gasteiger partial charge on any atom is -0.505 e. The Labute approximate surface area is 103 Å². The lowest BCUT2D eigenvalue weighted by molar-refractivity contribution is 0.349. The van der Waals surface area contributed by atoms with Crippen LogP contribution in [-0.2, 0) is 6.54 Å². The van der Waals surface area contributed by atoms with Gasteiger partial charge in [-0.25, -0.2) is 4.39 Å². The molecule has 0 saturated heterocycles. The smallest absolute Gasteiger partial charge is 0.165 e. The number of aromatic hydroxyl groups is 1. The van der Waals surface area contributed by atoms with Gasteiger partial charge in [0.25, 0.3) is 0 Å². The van der Waals surface area contributed by atoms with E-state index in [0.29, 0.717) is 24.1 Å². The summed E-state index contributed by atoms with van der Waals surface area (Å²) in [6, 6.07) is 5.00. The lowest BCUT2D eigenvalue weighted by atomic mass is 9.95. The number of phenolic OH excluding ortho intramolecular Hbond substituents is 1. The molecule has 0 spiro atoms. The molecule has 1 aromatic carbocycles.